The lowest BCUT2D eigenvalue weighted by molar-refractivity contribution is -0.126. The SMILES string of the molecule is Cc1ccc(OCCNC(=O)C(C(C)C)N2C(=O)c3ccccc3C2=O)cc1. The van der Waals surface area contributed by atoms with E-state index in [9.17, 15) is 14.4 Å². The number of benzene rings is 2. The maximum absolute atomic E-state index is 12.8. The van der Waals surface area contributed by atoms with Crippen molar-refractivity contribution in [1.82, 2.24) is 10.2 Å². The minimum absolute atomic E-state index is 0.222. The van der Waals surface area contributed by atoms with Gasteiger partial charge < -0.3 is 10.1 Å². The summed E-state index contributed by atoms with van der Waals surface area (Å²) < 4.78 is 5.61. The molecule has 146 valence electrons. The second-order valence-corrected chi connectivity index (χ2v) is 7.17. The van der Waals surface area contributed by atoms with E-state index in [0.29, 0.717) is 17.7 Å². The van der Waals surface area contributed by atoms with Crippen LogP contribution in [-0.2, 0) is 4.79 Å². The summed E-state index contributed by atoms with van der Waals surface area (Å²) >= 11 is 0. The summed E-state index contributed by atoms with van der Waals surface area (Å²) in [4.78, 5) is 39.2. The van der Waals surface area contributed by atoms with E-state index in [-0.39, 0.29) is 18.4 Å². The number of hydrogen-bond donors (Lipinski definition) is 1. The Labute approximate surface area is 164 Å². The molecule has 0 saturated carbocycles. The van der Waals surface area contributed by atoms with Crippen molar-refractivity contribution in [2.75, 3.05) is 13.2 Å². The number of nitrogens with zero attached hydrogens (tertiary/aromatic N) is 1. The number of amides is 3. The van der Waals surface area contributed by atoms with Crippen molar-refractivity contribution < 1.29 is 19.1 Å². The number of carbonyl (C=O) groups excluding carboxylic acids is 3. The zero-order valence-electron chi connectivity index (χ0n) is 16.3. The van der Waals surface area contributed by atoms with Crippen LogP contribution in [0.15, 0.2) is 48.5 Å². The van der Waals surface area contributed by atoms with Crippen LogP contribution in [0.25, 0.3) is 0 Å². The summed E-state index contributed by atoms with van der Waals surface area (Å²) in [6.07, 6.45) is 0. The second-order valence-electron chi connectivity index (χ2n) is 7.17. The van der Waals surface area contributed by atoms with Gasteiger partial charge in [-0.1, -0.05) is 43.7 Å². The highest BCUT2D eigenvalue weighted by atomic mass is 16.5. The molecule has 1 heterocycles. The third kappa shape index (κ3) is 3.91. The maximum atomic E-state index is 12.8. The minimum atomic E-state index is -0.869. The molecule has 0 aliphatic carbocycles. The predicted molar refractivity (Wildman–Crippen MR) is 105 cm³/mol. The van der Waals surface area contributed by atoms with E-state index >= 15 is 0 Å². The summed E-state index contributed by atoms with van der Waals surface area (Å²) in [6, 6.07) is 13.4. The Morgan fingerprint density at radius 1 is 1.00 bits per heavy atom. The van der Waals surface area contributed by atoms with Gasteiger partial charge in [-0.2, -0.15) is 0 Å². The Kier molecular flexibility index (Phi) is 5.78. The number of hydrogen-bond acceptors (Lipinski definition) is 4. The Bertz CT molecular complexity index is 855. The maximum Gasteiger partial charge on any atom is 0.262 e. The third-order valence-corrected chi connectivity index (χ3v) is 4.69. The molecule has 1 aliphatic rings. The number of nitrogens with one attached hydrogen (secondary N) is 1. The van der Waals surface area contributed by atoms with E-state index in [2.05, 4.69) is 5.32 Å². The molecule has 1 aliphatic heterocycles. The van der Waals surface area contributed by atoms with Crippen molar-refractivity contribution in [3.63, 3.8) is 0 Å². The number of carbonyl (C=O) groups is 3. The van der Waals surface area contributed by atoms with Gasteiger partial charge >= 0.3 is 0 Å². The molecule has 1 atom stereocenters. The van der Waals surface area contributed by atoms with E-state index in [1.165, 1.54) is 0 Å². The summed E-state index contributed by atoms with van der Waals surface area (Å²) in [6.45, 7) is 6.20. The van der Waals surface area contributed by atoms with Crippen LogP contribution in [0.3, 0.4) is 0 Å². The molecule has 28 heavy (non-hydrogen) atoms. The zero-order valence-corrected chi connectivity index (χ0v) is 16.3. The van der Waals surface area contributed by atoms with Crippen molar-refractivity contribution >= 4 is 17.7 Å². The number of imide groups is 1. The molecule has 0 fully saturated rings. The van der Waals surface area contributed by atoms with Gasteiger partial charge in [-0.05, 0) is 37.1 Å². The van der Waals surface area contributed by atoms with Crippen LogP contribution >= 0.6 is 0 Å². The van der Waals surface area contributed by atoms with E-state index in [0.717, 1.165) is 16.2 Å². The van der Waals surface area contributed by atoms with Gasteiger partial charge in [0, 0.05) is 0 Å². The third-order valence-electron chi connectivity index (χ3n) is 4.69. The molecule has 6 heteroatoms. The van der Waals surface area contributed by atoms with Gasteiger partial charge in [0.15, 0.2) is 0 Å². The molecule has 0 radical (unpaired) electrons. The highest BCUT2D eigenvalue weighted by molar-refractivity contribution is 6.22. The number of fused-ring (bicyclic) bond motifs is 1. The quantitative estimate of drug-likeness (QED) is 0.592. The number of ether oxygens (including phenoxy) is 1. The van der Waals surface area contributed by atoms with Gasteiger partial charge in [0.2, 0.25) is 5.91 Å². The molecule has 0 aromatic heterocycles. The van der Waals surface area contributed by atoms with Crippen LogP contribution in [0.1, 0.15) is 40.1 Å². The molecule has 3 rings (SSSR count). The summed E-state index contributed by atoms with van der Waals surface area (Å²) in [5.41, 5.74) is 1.82. The lowest BCUT2D eigenvalue weighted by Crippen LogP contribution is -2.52. The normalized spacial score (nSPS) is 14.2. The van der Waals surface area contributed by atoms with Crippen LogP contribution < -0.4 is 10.1 Å². The Morgan fingerprint density at radius 2 is 1.57 bits per heavy atom. The highest BCUT2D eigenvalue weighted by Gasteiger charge is 2.43. The van der Waals surface area contributed by atoms with Crippen LogP contribution in [-0.4, -0.2) is 41.8 Å². The standard InChI is InChI=1S/C22H24N2O4/c1-14(2)19(24-21(26)17-6-4-5-7-18(17)22(24)27)20(25)23-12-13-28-16-10-8-15(3)9-11-16/h4-11,14,19H,12-13H2,1-3H3,(H,23,25). The number of aryl methyl sites for hydroxylation is 1. The lowest BCUT2D eigenvalue weighted by atomic mass is 10.0. The van der Waals surface area contributed by atoms with Crippen LogP contribution in [0, 0.1) is 12.8 Å². The molecule has 1 N–H and O–H groups in total. The van der Waals surface area contributed by atoms with Crippen LogP contribution in [0.4, 0.5) is 0 Å². The summed E-state index contributed by atoms with van der Waals surface area (Å²) in [5.74, 6) is -0.714. The van der Waals surface area contributed by atoms with E-state index < -0.39 is 17.9 Å². The van der Waals surface area contributed by atoms with Gasteiger partial charge in [0.1, 0.15) is 18.4 Å². The fourth-order valence-electron chi connectivity index (χ4n) is 3.26. The van der Waals surface area contributed by atoms with Crippen molar-refractivity contribution in [3.8, 4) is 5.75 Å². The van der Waals surface area contributed by atoms with Crippen molar-refractivity contribution in [3.05, 3.63) is 65.2 Å². The van der Waals surface area contributed by atoms with E-state index in [1.807, 2.05) is 45.0 Å². The molecule has 0 saturated heterocycles. The fraction of sp³-hybridized carbons (Fsp3) is 0.318. The van der Waals surface area contributed by atoms with Gasteiger partial charge in [-0.3, -0.25) is 19.3 Å². The first-order chi connectivity index (χ1) is 13.4. The van der Waals surface area contributed by atoms with Crippen LogP contribution in [0.2, 0.25) is 0 Å². The molecule has 1 unspecified atom stereocenters. The topological polar surface area (TPSA) is 75.7 Å². The van der Waals surface area contributed by atoms with Crippen LogP contribution in [0.5, 0.6) is 5.75 Å². The summed E-state index contributed by atoms with van der Waals surface area (Å²) in [5, 5.41) is 2.78. The predicted octanol–water partition coefficient (Wildman–Crippen LogP) is 2.81. The average molecular weight is 380 g/mol. The first-order valence-corrected chi connectivity index (χ1v) is 9.34. The molecular formula is C22H24N2O4. The van der Waals surface area contributed by atoms with E-state index in [1.54, 1.807) is 24.3 Å². The highest BCUT2D eigenvalue weighted by Crippen LogP contribution is 2.27. The van der Waals surface area contributed by atoms with Crippen molar-refractivity contribution in [2.24, 2.45) is 5.92 Å². The molecule has 3 amide bonds. The molecule has 0 bridgehead atoms. The van der Waals surface area contributed by atoms with Gasteiger partial charge in [-0.15, -0.1) is 0 Å². The van der Waals surface area contributed by atoms with E-state index in [4.69, 9.17) is 4.74 Å². The summed E-state index contributed by atoms with van der Waals surface area (Å²) in [7, 11) is 0. The Morgan fingerprint density at radius 3 is 2.11 bits per heavy atom. The first-order valence-electron chi connectivity index (χ1n) is 9.34. The molecule has 2 aromatic rings. The van der Waals surface area contributed by atoms with Gasteiger partial charge in [0.25, 0.3) is 11.8 Å². The first kappa shape index (κ1) is 19.6. The Balaban J connectivity index is 1.62. The molecule has 6 nitrogen and oxygen atoms in total. The smallest absolute Gasteiger partial charge is 0.262 e. The van der Waals surface area contributed by atoms with Crippen molar-refractivity contribution in [1.29, 1.82) is 0 Å². The van der Waals surface area contributed by atoms with Gasteiger partial charge in [-0.25, -0.2) is 0 Å². The molecular weight excluding hydrogens is 356 g/mol. The monoisotopic (exact) mass is 380 g/mol. The molecule has 0 spiro atoms. The zero-order chi connectivity index (χ0) is 20.3. The lowest BCUT2D eigenvalue weighted by Gasteiger charge is -2.28. The number of rotatable bonds is 7. The minimum Gasteiger partial charge on any atom is -0.492 e. The Hall–Kier alpha value is -3.15. The molecule has 2 aromatic carbocycles. The average Bonchev–Trinajstić information content (AvgIpc) is 2.92. The van der Waals surface area contributed by atoms with Gasteiger partial charge in [0.05, 0.1) is 17.7 Å². The fourth-order valence-corrected chi connectivity index (χ4v) is 3.26. The van der Waals surface area contributed by atoms with Crippen molar-refractivity contribution in [2.45, 2.75) is 26.8 Å². The largest absolute Gasteiger partial charge is 0.492 e. The second kappa shape index (κ2) is 8.25.